The first-order chi connectivity index (χ1) is 11.0. The average Bonchev–Trinajstić information content (AvgIpc) is 2.53. The number of amides is 5. The second-order valence-electron chi connectivity index (χ2n) is 5.47. The van der Waals surface area contributed by atoms with Crippen molar-refractivity contribution in [2.75, 3.05) is 13.7 Å². The van der Waals surface area contributed by atoms with Crippen LogP contribution in [-0.4, -0.2) is 42.7 Å². The van der Waals surface area contributed by atoms with E-state index in [0.717, 1.165) is 5.56 Å². The van der Waals surface area contributed by atoms with Gasteiger partial charge in [-0.25, -0.2) is 9.59 Å². The maximum Gasteiger partial charge on any atom is 0.325 e. The largest absolute Gasteiger partial charge is 0.494 e. The van der Waals surface area contributed by atoms with Gasteiger partial charge in [-0.1, -0.05) is 12.1 Å². The molecule has 1 aromatic carbocycles. The van der Waals surface area contributed by atoms with Crippen molar-refractivity contribution < 1.29 is 19.1 Å². The maximum atomic E-state index is 12.3. The zero-order valence-electron chi connectivity index (χ0n) is 12.8. The van der Waals surface area contributed by atoms with Gasteiger partial charge in [0.05, 0.1) is 12.6 Å². The highest BCUT2D eigenvalue weighted by molar-refractivity contribution is 6.00. The monoisotopic (exact) mass is 318 g/mol. The molecule has 0 aromatic heterocycles. The van der Waals surface area contributed by atoms with Crippen LogP contribution in [0.3, 0.4) is 0 Å². The molecule has 2 saturated heterocycles. The van der Waals surface area contributed by atoms with Crippen LogP contribution in [0.1, 0.15) is 18.5 Å². The first kappa shape index (κ1) is 15.1. The molecule has 2 aliphatic heterocycles. The van der Waals surface area contributed by atoms with Gasteiger partial charge in [-0.3, -0.25) is 10.1 Å². The van der Waals surface area contributed by atoms with E-state index < -0.39 is 36.1 Å². The van der Waals surface area contributed by atoms with E-state index in [1.807, 2.05) is 19.1 Å². The molecule has 2 aliphatic rings. The normalized spacial score (nSPS) is 26.8. The number of ether oxygens (including phenoxy) is 1. The Balaban J connectivity index is 1.92. The van der Waals surface area contributed by atoms with Gasteiger partial charge in [0.2, 0.25) is 5.91 Å². The standard InChI is InChI=1S/C15H18N4O4/c1-3-23-9-6-4-8(5-7-9)11-10-12(17-14(21)16-11)19(2)15(22)18-13(10)20/h4-7,10-12H,3H2,1-2H3,(H2,16,17,21)(H,18,20,22). The summed E-state index contributed by atoms with van der Waals surface area (Å²) in [5, 5.41) is 7.70. The summed E-state index contributed by atoms with van der Waals surface area (Å²) in [6.45, 7) is 2.45. The van der Waals surface area contributed by atoms with Crippen molar-refractivity contribution in [1.29, 1.82) is 0 Å². The fraction of sp³-hybridized carbons (Fsp3) is 0.400. The first-order valence-corrected chi connectivity index (χ1v) is 7.38. The molecule has 0 bridgehead atoms. The Morgan fingerprint density at radius 1 is 1.13 bits per heavy atom. The van der Waals surface area contributed by atoms with E-state index in [9.17, 15) is 14.4 Å². The summed E-state index contributed by atoms with van der Waals surface area (Å²) in [5.74, 6) is -0.314. The molecule has 8 heteroatoms. The summed E-state index contributed by atoms with van der Waals surface area (Å²) in [4.78, 5) is 37.2. The number of urea groups is 2. The number of nitrogens with zero attached hydrogens (tertiary/aromatic N) is 1. The molecule has 0 radical (unpaired) electrons. The van der Waals surface area contributed by atoms with Crippen LogP contribution in [0.15, 0.2) is 24.3 Å². The molecule has 2 heterocycles. The lowest BCUT2D eigenvalue weighted by Crippen LogP contribution is -2.71. The van der Waals surface area contributed by atoms with Crippen molar-refractivity contribution in [2.24, 2.45) is 5.92 Å². The minimum atomic E-state index is -0.679. The van der Waals surface area contributed by atoms with Crippen LogP contribution in [0.2, 0.25) is 0 Å². The Labute approximate surface area is 133 Å². The van der Waals surface area contributed by atoms with E-state index in [-0.39, 0.29) is 0 Å². The van der Waals surface area contributed by atoms with E-state index in [0.29, 0.717) is 12.4 Å². The molecule has 122 valence electrons. The van der Waals surface area contributed by atoms with Crippen molar-refractivity contribution in [2.45, 2.75) is 19.1 Å². The average molecular weight is 318 g/mol. The molecule has 23 heavy (non-hydrogen) atoms. The van der Waals surface area contributed by atoms with Crippen molar-refractivity contribution in [1.82, 2.24) is 20.9 Å². The summed E-state index contributed by atoms with van der Waals surface area (Å²) in [5.41, 5.74) is 0.774. The predicted molar refractivity (Wildman–Crippen MR) is 80.6 cm³/mol. The number of imide groups is 1. The molecule has 1 aromatic rings. The molecule has 8 nitrogen and oxygen atoms in total. The number of carbonyl (C=O) groups is 3. The summed E-state index contributed by atoms with van der Waals surface area (Å²) < 4.78 is 5.40. The van der Waals surface area contributed by atoms with E-state index in [1.54, 1.807) is 19.2 Å². The Morgan fingerprint density at radius 2 is 1.83 bits per heavy atom. The van der Waals surface area contributed by atoms with Gasteiger partial charge in [-0.15, -0.1) is 0 Å². The molecular weight excluding hydrogens is 300 g/mol. The van der Waals surface area contributed by atoms with Gasteiger partial charge in [-0.2, -0.15) is 0 Å². The Kier molecular flexibility index (Phi) is 3.81. The van der Waals surface area contributed by atoms with E-state index >= 15 is 0 Å². The minimum absolute atomic E-state index is 0.413. The van der Waals surface area contributed by atoms with Gasteiger partial charge >= 0.3 is 12.1 Å². The number of nitrogens with one attached hydrogen (secondary N) is 3. The van der Waals surface area contributed by atoms with Gasteiger partial charge in [0.1, 0.15) is 17.8 Å². The number of carbonyl (C=O) groups excluding carboxylic acids is 3. The highest BCUT2D eigenvalue weighted by Crippen LogP contribution is 2.32. The molecule has 0 aliphatic carbocycles. The lowest BCUT2D eigenvalue weighted by Gasteiger charge is -2.45. The van der Waals surface area contributed by atoms with Gasteiger partial charge in [0.15, 0.2) is 0 Å². The third kappa shape index (κ3) is 2.67. The maximum absolute atomic E-state index is 12.3. The van der Waals surface area contributed by atoms with Crippen LogP contribution in [0.5, 0.6) is 5.75 Å². The molecule has 0 saturated carbocycles. The molecule has 5 amide bonds. The van der Waals surface area contributed by atoms with Crippen LogP contribution >= 0.6 is 0 Å². The summed E-state index contributed by atoms with van der Waals surface area (Å²) in [7, 11) is 1.54. The topological polar surface area (TPSA) is 99.8 Å². The zero-order chi connectivity index (χ0) is 16.6. The predicted octanol–water partition coefficient (Wildman–Crippen LogP) is 0.563. The van der Waals surface area contributed by atoms with Crippen molar-refractivity contribution in [3.05, 3.63) is 29.8 Å². The molecular formula is C15H18N4O4. The Bertz CT molecular complexity index is 645. The molecule has 3 N–H and O–H groups in total. The number of fused-ring (bicyclic) bond motifs is 1. The fourth-order valence-electron chi connectivity index (χ4n) is 2.94. The lowest BCUT2D eigenvalue weighted by molar-refractivity contribution is -0.130. The number of hydrogen-bond donors (Lipinski definition) is 3. The molecule has 3 atom stereocenters. The molecule has 2 fully saturated rings. The minimum Gasteiger partial charge on any atom is -0.494 e. The summed E-state index contributed by atoms with van der Waals surface area (Å²) in [6, 6.07) is 5.72. The van der Waals surface area contributed by atoms with E-state index in [2.05, 4.69) is 16.0 Å². The van der Waals surface area contributed by atoms with Crippen molar-refractivity contribution in [3.63, 3.8) is 0 Å². The zero-order valence-corrected chi connectivity index (χ0v) is 12.8. The van der Waals surface area contributed by atoms with Crippen LogP contribution < -0.4 is 20.7 Å². The summed E-state index contributed by atoms with van der Waals surface area (Å²) >= 11 is 0. The van der Waals surface area contributed by atoms with Gasteiger partial charge in [-0.05, 0) is 24.6 Å². The van der Waals surface area contributed by atoms with Crippen LogP contribution in [0.4, 0.5) is 9.59 Å². The SMILES string of the molecule is CCOc1ccc(C2NC(=O)NC3C2C(=O)NC(=O)N3C)cc1. The van der Waals surface area contributed by atoms with Crippen LogP contribution in [0.25, 0.3) is 0 Å². The summed E-state index contributed by atoms with van der Waals surface area (Å²) in [6.07, 6.45) is -0.679. The van der Waals surface area contributed by atoms with E-state index in [4.69, 9.17) is 4.74 Å². The van der Waals surface area contributed by atoms with Gasteiger partial charge in [0, 0.05) is 7.05 Å². The third-order valence-electron chi connectivity index (χ3n) is 4.09. The molecule has 3 rings (SSSR count). The van der Waals surface area contributed by atoms with Gasteiger partial charge < -0.3 is 20.3 Å². The molecule has 0 spiro atoms. The van der Waals surface area contributed by atoms with E-state index in [1.165, 1.54) is 4.90 Å². The molecule has 3 unspecified atom stereocenters. The quantitative estimate of drug-likeness (QED) is 0.758. The Morgan fingerprint density at radius 3 is 2.48 bits per heavy atom. The van der Waals surface area contributed by atoms with Crippen molar-refractivity contribution >= 4 is 18.0 Å². The van der Waals surface area contributed by atoms with Crippen molar-refractivity contribution in [3.8, 4) is 5.75 Å². The number of hydrogen-bond acceptors (Lipinski definition) is 4. The highest BCUT2D eigenvalue weighted by atomic mass is 16.5. The Hall–Kier alpha value is -2.77. The second-order valence-corrected chi connectivity index (χ2v) is 5.47. The highest BCUT2D eigenvalue weighted by Gasteiger charge is 2.48. The van der Waals surface area contributed by atoms with Gasteiger partial charge in [0.25, 0.3) is 0 Å². The second kappa shape index (κ2) is 5.79. The fourth-order valence-corrected chi connectivity index (χ4v) is 2.94. The lowest BCUT2D eigenvalue weighted by atomic mass is 9.86. The number of rotatable bonds is 3. The smallest absolute Gasteiger partial charge is 0.325 e. The van der Waals surface area contributed by atoms with Crippen LogP contribution in [-0.2, 0) is 4.79 Å². The third-order valence-corrected chi connectivity index (χ3v) is 4.09. The first-order valence-electron chi connectivity index (χ1n) is 7.38. The van der Waals surface area contributed by atoms with Crippen LogP contribution in [0, 0.1) is 5.92 Å². The number of benzene rings is 1.